The second-order valence-electron chi connectivity index (χ2n) is 6.46. The predicted octanol–water partition coefficient (Wildman–Crippen LogP) is -0.907. The predicted molar refractivity (Wildman–Crippen MR) is 90.4 cm³/mol. The van der Waals surface area contributed by atoms with Crippen LogP contribution >= 0.6 is 0 Å². The summed E-state index contributed by atoms with van der Waals surface area (Å²) in [6.45, 7) is 6.68. The van der Waals surface area contributed by atoms with Crippen molar-refractivity contribution in [1.82, 2.24) is 10.2 Å². The molecular formula is C18H24N3O4+. The number of benzene rings is 1. The lowest BCUT2D eigenvalue weighted by Gasteiger charge is -2.24. The molecule has 0 bridgehead atoms. The summed E-state index contributed by atoms with van der Waals surface area (Å²) < 4.78 is 5.32. The van der Waals surface area contributed by atoms with Gasteiger partial charge in [0.15, 0.2) is 0 Å². The van der Waals surface area contributed by atoms with Crippen LogP contribution in [0.15, 0.2) is 24.3 Å². The first-order chi connectivity index (χ1) is 12.1. The number of morpholine rings is 1. The van der Waals surface area contributed by atoms with Crippen molar-refractivity contribution in [2.45, 2.75) is 19.4 Å². The minimum Gasteiger partial charge on any atom is -0.370 e. The number of hydrogen-bond acceptors (Lipinski definition) is 4. The number of fused-ring (bicyclic) bond motifs is 1. The summed E-state index contributed by atoms with van der Waals surface area (Å²) in [6.07, 6.45) is 0.857. The summed E-state index contributed by atoms with van der Waals surface area (Å²) in [5.41, 5.74) is 0.728. The summed E-state index contributed by atoms with van der Waals surface area (Å²) in [6, 6.07) is 5.85. The van der Waals surface area contributed by atoms with Crippen LogP contribution in [-0.4, -0.2) is 68.1 Å². The van der Waals surface area contributed by atoms with Gasteiger partial charge in [0.1, 0.15) is 19.1 Å². The molecule has 2 aliphatic rings. The molecular weight excluding hydrogens is 322 g/mol. The average Bonchev–Trinajstić information content (AvgIpc) is 2.90. The summed E-state index contributed by atoms with van der Waals surface area (Å²) in [4.78, 5) is 39.7. The average molecular weight is 346 g/mol. The number of imide groups is 1. The standard InChI is InChI=1S/C18H23N3O4/c1-13(16(22)19-7-4-8-20-9-11-25-12-10-20)21-17(23)14-5-2-3-6-15(14)18(21)24/h2-3,5-6,13H,4,7-12H2,1H3,(H,19,22)/p+1/t13-/m1/s1. The first-order valence-corrected chi connectivity index (χ1v) is 8.75. The molecule has 0 radical (unpaired) electrons. The molecule has 0 unspecified atom stereocenters. The smallest absolute Gasteiger partial charge is 0.262 e. The lowest BCUT2D eigenvalue weighted by atomic mass is 10.1. The maximum absolute atomic E-state index is 12.4. The largest absolute Gasteiger partial charge is 0.370 e. The number of nitrogens with one attached hydrogen (secondary N) is 2. The molecule has 7 heteroatoms. The number of nitrogens with zero attached hydrogens (tertiary/aromatic N) is 1. The maximum Gasteiger partial charge on any atom is 0.262 e. The van der Waals surface area contributed by atoms with E-state index in [-0.39, 0.29) is 5.91 Å². The van der Waals surface area contributed by atoms with E-state index in [0.29, 0.717) is 17.7 Å². The molecule has 2 N–H and O–H groups in total. The quantitative estimate of drug-likeness (QED) is 0.516. The minimum atomic E-state index is -0.817. The van der Waals surface area contributed by atoms with Crippen molar-refractivity contribution < 1.29 is 24.0 Å². The first kappa shape index (κ1) is 17.6. The maximum atomic E-state index is 12.4. The molecule has 134 valence electrons. The van der Waals surface area contributed by atoms with E-state index in [4.69, 9.17) is 4.74 Å². The van der Waals surface area contributed by atoms with E-state index < -0.39 is 17.9 Å². The Morgan fingerprint density at radius 2 is 1.80 bits per heavy atom. The van der Waals surface area contributed by atoms with Gasteiger partial charge in [-0.2, -0.15) is 0 Å². The van der Waals surface area contributed by atoms with Crippen LogP contribution in [0, 0.1) is 0 Å². The summed E-state index contributed by atoms with van der Waals surface area (Å²) in [5.74, 6) is -1.10. The molecule has 1 fully saturated rings. The normalized spacial score (nSPS) is 19.0. The van der Waals surface area contributed by atoms with Crippen LogP contribution in [-0.2, 0) is 9.53 Å². The number of carbonyl (C=O) groups is 3. The van der Waals surface area contributed by atoms with Gasteiger partial charge in [-0.05, 0) is 19.1 Å². The summed E-state index contributed by atoms with van der Waals surface area (Å²) in [5, 5.41) is 2.84. The minimum absolute atomic E-state index is 0.300. The number of rotatable bonds is 6. The Bertz CT molecular complexity index is 635. The van der Waals surface area contributed by atoms with E-state index in [9.17, 15) is 14.4 Å². The summed E-state index contributed by atoms with van der Waals surface area (Å²) >= 11 is 0. The van der Waals surface area contributed by atoms with Crippen LogP contribution in [0.1, 0.15) is 34.1 Å². The molecule has 0 spiro atoms. The number of carbonyl (C=O) groups excluding carboxylic acids is 3. The number of quaternary nitrogens is 1. The van der Waals surface area contributed by atoms with Gasteiger partial charge < -0.3 is 15.0 Å². The molecule has 25 heavy (non-hydrogen) atoms. The molecule has 0 aromatic heterocycles. The molecule has 0 saturated carbocycles. The molecule has 1 atom stereocenters. The second-order valence-corrected chi connectivity index (χ2v) is 6.46. The monoisotopic (exact) mass is 346 g/mol. The fourth-order valence-electron chi connectivity index (χ4n) is 3.28. The SMILES string of the molecule is C[C@H](C(=O)NCCC[NH+]1CCOCC1)N1C(=O)c2ccccc2C1=O. The van der Waals surface area contributed by atoms with Crippen molar-refractivity contribution in [3.05, 3.63) is 35.4 Å². The first-order valence-electron chi connectivity index (χ1n) is 8.75. The van der Waals surface area contributed by atoms with Crippen LogP contribution in [0.3, 0.4) is 0 Å². The van der Waals surface area contributed by atoms with Crippen LogP contribution in [0.25, 0.3) is 0 Å². The number of amides is 3. The van der Waals surface area contributed by atoms with Crippen molar-refractivity contribution in [1.29, 1.82) is 0 Å². The molecule has 1 aromatic rings. The Morgan fingerprint density at radius 3 is 2.40 bits per heavy atom. The van der Waals surface area contributed by atoms with Gasteiger partial charge >= 0.3 is 0 Å². The third kappa shape index (κ3) is 3.72. The molecule has 0 aliphatic carbocycles. The third-order valence-electron chi connectivity index (χ3n) is 4.80. The van der Waals surface area contributed by atoms with E-state index in [0.717, 1.165) is 44.2 Å². The fraction of sp³-hybridized carbons (Fsp3) is 0.500. The highest BCUT2D eigenvalue weighted by molar-refractivity contribution is 6.22. The molecule has 1 saturated heterocycles. The van der Waals surface area contributed by atoms with E-state index in [1.807, 2.05) is 0 Å². The Morgan fingerprint density at radius 1 is 1.20 bits per heavy atom. The van der Waals surface area contributed by atoms with Gasteiger partial charge in [0, 0.05) is 13.0 Å². The van der Waals surface area contributed by atoms with Gasteiger partial charge in [0.2, 0.25) is 5.91 Å². The van der Waals surface area contributed by atoms with Crippen molar-refractivity contribution >= 4 is 17.7 Å². The second kappa shape index (κ2) is 7.76. The van der Waals surface area contributed by atoms with Crippen molar-refractivity contribution in [3.63, 3.8) is 0 Å². The highest BCUT2D eigenvalue weighted by Crippen LogP contribution is 2.24. The Balaban J connectivity index is 1.49. The zero-order valence-corrected chi connectivity index (χ0v) is 14.4. The van der Waals surface area contributed by atoms with E-state index in [1.54, 1.807) is 31.2 Å². The van der Waals surface area contributed by atoms with E-state index >= 15 is 0 Å². The zero-order valence-electron chi connectivity index (χ0n) is 14.4. The van der Waals surface area contributed by atoms with Crippen LogP contribution < -0.4 is 10.2 Å². The van der Waals surface area contributed by atoms with Crippen LogP contribution in [0.4, 0.5) is 0 Å². The van der Waals surface area contributed by atoms with Crippen molar-refractivity contribution in [2.24, 2.45) is 0 Å². The molecule has 2 heterocycles. The van der Waals surface area contributed by atoms with Crippen molar-refractivity contribution in [2.75, 3.05) is 39.4 Å². The Labute approximate surface area is 146 Å². The number of hydrogen-bond donors (Lipinski definition) is 2. The zero-order chi connectivity index (χ0) is 17.8. The molecule has 3 amide bonds. The van der Waals surface area contributed by atoms with Crippen molar-refractivity contribution in [3.8, 4) is 0 Å². The van der Waals surface area contributed by atoms with Gasteiger partial charge in [-0.3, -0.25) is 19.3 Å². The Hall–Kier alpha value is -2.25. The molecule has 1 aromatic carbocycles. The van der Waals surface area contributed by atoms with Crippen LogP contribution in [0.2, 0.25) is 0 Å². The van der Waals surface area contributed by atoms with E-state index in [1.165, 1.54) is 4.90 Å². The lowest BCUT2D eigenvalue weighted by molar-refractivity contribution is -0.908. The lowest BCUT2D eigenvalue weighted by Crippen LogP contribution is -3.14. The van der Waals surface area contributed by atoms with Gasteiger partial charge in [0.25, 0.3) is 11.8 Å². The highest BCUT2D eigenvalue weighted by Gasteiger charge is 2.40. The van der Waals surface area contributed by atoms with Gasteiger partial charge in [0.05, 0.1) is 30.9 Å². The molecule has 2 aliphatic heterocycles. The van der Waals surface area contributed by atoms with Gasteiger partial charge in [-0.15, -0.1) is 0 Å². The fourth-order valence-corrected chi connectivity index (χ4v) is 3.28. The third-order valence-corrected chi connectivity index (χ3v) is 4.80. The highest BCUT2D eigenvalue weighted by atomic mass is 16.5. The van der Waals surface area contributed by atoms with E-state index in [2.05, 4.69) is 5.32 Å². The Kier molecular flexibility index (Phi) is 5.45. The summed E-state index contributed by atoms with van der Waals surface area (Å²) in [7, 11) is 0. The molecule has 3 rings (SSSR count). The van der Waals surface area contributed by atoms with Gasteiger partial charge in [-0.1, -0.05) is 12.1 Å². The topological polar surface area (TPSA) is 80.2 Å². The molecule has 7 nitrogen and oxygen atoms in total. The van der Waals surface area contributed by atoms with Crippen LogP contribution in [0.5, 0.6) is 0 Å². The van der Waals surface area contributed by atoms with Gasteiger partial charge in [-0.25, -0.2) is 0 Å². The number of ether oxygens (including phenoxy) is 1.